The molecule has 3 N–H and O–H groups in total. The van der Waals surface area contributed by atoms with Gasteiger partial charge in [0.25, 0.3) is 0 Å². The zero-order valence-corrected chi connectivity index (χ0v) is 6.52. The number of rotatable bonds is 6. The van der Waals surface area contributed by atoms with E-state index in [1.54, 1.807) is 0 Å². The van der Waals surface area contributed by atoms with Gasteiger partial charge < -0.3 is 15.5 Å². The Morgan fingerprint density at radius 1 is 1.44 bits per heavy atom. The minimum absolute atomic E-state index is 0.696. The molecule has 3 nitrogen and oxygen atoms in total. The fraction of sp³-hybridized carbons (Fsp3) is 1.00. The molecule has 0 heterocycles. The Hall–Kier alpha value is 0.0969. The van der Waals surface area contributed by atoms with Crippen LogP contribution in [0, 0.1) is 0 Å². The summed E-state index contributed by atoms with van der Waals surface area (Å²) in [5.74, 6) is 0. The molecule has 0 atom stereocenters. The summed E-state index contributed by atoms with van der Waals surface area (Å²) in [6.07, 6.45) is 1.03. The van der Waals surface area contributed by atoms with E-state index in [0.29, 0.717) is 6.61 Å². The minimum Gasteiger partial charge on any atom is -0.417 e. The van der Waals surface area contributed by atoms with Gasteiger partial charge in [0.05, 0.1) is 0 Å². The molecule has 0 aromatic heterocycles. The highest BCUT2D eigenvalue weighted by molar-refractivity contribution is 5.97. The third kappa shape index (κ3) is 8.10. The molecule has 0 fully saturated rings. The molecule has 0 aromatic rings. The smallest absolute Gasteiger partial charge is 0.246 e. The zero-order valence-electron chi connectivity index (χ0n) is 5.52. The maximum atomic E-state index is 5.26. The lowest BCUT2D eigenvalue weighted by Gasteiger charge is -2.00. The Labute approximate surface area is 59.5 Å². The third-order valence-corrected chi connectivity index (χ3v) is 1.14. The van der Waals surface area contributed by atoms with Crippen LogP contribution in [0.15, 0.2) is 0 Å². The molecule has 0 rings (SSSR count). The molecule has 0 saturated carbocycles. The summed E-state index contributed by atoms with van der Waals surface area (Å²) in [4.78, 5) is 0. The highest BCUT2D eigenvalue weighted by Gasteiger charge is 1.83. The summed E-state index contributed by atoms with van der Waals surface area (Å²) in [6.45, 7) is 3.30. The first-order valence-electron chi connectivity index (χ1n) is 3.11. The third-order valence-electron chi connectivity index (χ3n) is 0.939. The van der Waals surface area contributed by atoms with Gasteiger partial charge >= 0.3 is 0 Å². The molecular weight excluding hydrogens is 132 g/mol. The van der Waals surface area contributed by atoms with Crippen molar-refractivity contribution in [3.8, 4) is 0 Å². The number of hydrogen-bond donors (Lipinski definition) is 2. The van der Waals surface area contributed by atoms with Crippen LogP contribution >= 0.6 is 0 Å². The van der Waals surface area contributed by atoms with Crippen molar-refractivity contribution in [3.05, 3.63) is 0 Å². The molecule has 0 aliphatic rings. The van der Waals surface area contributed by atoms with E-state index in [2.05, 4.69) is 20.2 Å². The van der Waals surface area contributed by atoms with E-state index in [1.165, 1.54) is 0 Å². The quantitative estimate of drug-likeness (QED) is 0.373. The van der Waals surface area contributed by atoms with E-state index < -0.39 is 0 Å². The Kier molecular flexibility index (Phi) is 8.18. The summed E-state index contributed by atoms with van der Waals surface area (Å²) in [7, 11) is 2.90. The molecule has 0 aromatic carbocycles. The lowest BCUT2D eigenvalue weighted by molar-refractivity contribution is 0.343. The first kappa shape index (κ1) is 9.10. The molecular formula is C5H13N2OSi. The van der Waals surface area contributed by atoms with Crippen LogP contribution < -0.4 is 11.1 Å². The molecule has 0 spiro atoms. The van der Waals surface area contributed by atoms with E-state index in [9.17, 15) is 0 Å². The lowest BCUT2D eigenvalue weighted by atomic mass is 10.4. The Balaban J connectivity index is 2.60. The van der Waals surface area contributed by atoms with Gasteiger partial charge in [0.15, 0.2) is 0 Å². The van der Waals surface area contributed by atoms with Crippen molar-refractivity contribution in [2.45, 2.75) is 6.42 Å². The van der Waals surface area contributed by atoms with Gasteiger partial charge in [-0.25, -0.2) is 0 Å². The molecule has 3 radical (unpaired) electrons. The second-order valence-electron chi connectivity index (χ2n) is 1.74. The summed E-state index contributed by atoms with van der Waals surface area (Å²) in [5, 5.41) is 3.15. The fourth-order valence-electron chi connectivity index (χ4n) is 0.475. The Morgan fingerprint density at radius 2 is 2.22 bits per heavy atom. The van der Waals surface area contributed by atoms with Crippen molar-refractivity contribution in [2.24, 2.45) is 5.73 Å². The van der Waals surface area contributed by atoms with E-state index in [0.717, 1.165) is 26.1 Å². The summed E-state index contributed by atoms with van der Waals surface area (Å²) < 4.78 is 4.63. The van der Waals surface area contributed by atoms with Gasteiger partial charge in [-0.15, -0.1) is 0 Å². The molecule has 9 heavy (non-hydrogen) atoms. The highest BCUT2D eigenvalue weighted by Crippen LogP contribution is 1.68. The summed E-state index contributed by atoms with van der Waals surface area (Å²) >= 11 is 0. The molecule has 0 bridgehead atoms. The van der Waals surface area contributed by atoms with Crippen LogP contribution in [-0.2, 0) is 4.43 Å². The normalized spacial score (nSPS) is 10.0. The van der Waals surface area contributed by atoms with Crippen LogP contribution in [-0.4, -0.2) is 36.7 Å². The Morgan fingerprint density at radius 3 is 2.78 bits per heavy atom. The second kappa shape index (κ2) is 8.10. The van der Waals surface area contributed by atoms with Crippen LogP contribution in [0.2, 0.25) is 0 Å². The molecule has 0 unspecified atom stereocenters. The molecule has 0 saturated heterocycles. The maximum Gasteiger partial charge on any atom is 0.246 e. The van der Waals surface area contributed by atoms with E-state index in [-0.39, 0.29) is 0 Å². The monoisotopic (exact) mass is 145 g/mol. The van der Waals surface area contributed by atoms with E-state index in [1.807, 2.05) is 0 Å². The van der Waals surface area contributed by atoms with Crippen molar-refractivity contribution in [2.75, 3.05) is 26.2 Å². The van der Waals surface area contributed by atoms with Crippen molar-refractivity contribution in [1.82, 2.24) is 5.32 Å². The van der Waals surface area contributed by atoms with E-state index >= 15 is 0 Å². The highest BCUT2D eigenvalue weighted by atomic mass is 28.2. The molecule has 4 heteroatoms. The van der Waals surface area contributed by atoms with Gasteiger partial charge in [-0.2, -0.15) is 0 Å². The van der Waals surface area contributed by atoms with Gasteiger partial charge in [0.1, 0.15) is 0 Å². The molecule has 0 aliphatic carbocycles. The van der Waals surface area contributed by atoms with Gasteiger partial charge in [0.2, 0.25) is 10.5 Å². The van der Waals surface area contributed by atoms with Crippen molar-refractivity contribution >= 4 is 10.5 Å². The topological polar surface area (TPSA) is 47.3 Å². The second-order valence-corrected chi connectivity index (χ2v) is 2.03. The van der Waals surface area contributed by atoms with Crippen LogP contribution in [0.3, 0.4) is 0 Å². The lowest BCUT2D eigenvalue weighted by Crippen LogP contribution is -2.22. The van der Waals surface area contributed by atoms with Gasteiger partial charge in [-0.1, -0.05) is 0 Å². The van der Waals surface area contributed by atoms with Gasteiger partial charge in [-0.05, 0) is 19.5 Å². The summed E-state index contributed by atoms with van der Waals surface area (Å²) in [6, 6.07) is 0. The predicted octanol–water partition coefficient (Wildman–Crippen LogP) is -0.975. The van der Waals surface area contributed by atoms with Crippen LogP contribution in [0.5, 0.6) is 0 Å². The molecule has 53 valence electrons. The van der Waals surface area contributed by atoms with Crippen LogP contribution in [0.1, 0.15) is 6.42 Å². The zero-order chi connectivity index (χ0) is 6.95. The first-order chi connectivity index (χ1) is 4.41. The van der Waals surface area contributed by atoms with E-state index in [4.69, 9.17) is 5.73 Å². The van der Waals surface area contributed by atoms with Crippen LogP contribution in [0.4, 0.5) is 0 Å². The van der Waals surface area contributed by atoms with Gasteiger partial charge in [0, 0.05) is 13.2 Å². The first-order valence-corrected chi connectivity index (χ1v) is 3.52. The predicted molar refractivity (Wildman–Crippen MR) is 38.2 cm³/mol. The minimum atomic E-state index is 0.696. The number of nitrogens with two attached hydrogens (primary N) is 1. The molecule has 0 aliphatic heterocycles. The average molecular weight is 145 g/mol. The van der Waals surface area contributed by atoms with Gasteiger partial charge in [-0.3, -0.25) is 0 Å². The SMILES string of the molecule is NCCCNCCO[Si]. The maximum absolute atomic E-state index is 5.26. The number of hydrogen-bond acceptors (Lipinski definition) is 3. The van der Waals surface area contributed by atoms with Crippen molar-refractivity contribution < 1.29 is 4.43 Å². The van der Waals surface area contributed by atoms with Crippen LogP contribution in [0.25, 0.3) is 0 Å². The van der Waals surface area contributed by atoms with Crippen molar-refractivity contribution in [3.63, 3.8) is 0 Å². The average Bonchev–Trinajstić information content (AvgIpc) is 1.89. The van der Waals surface area contributed by atoms with Crippen molar-refractivity contribution in [1.29, 1.82) is 0 Å². The summed E-state index contributed by atoms with van der Waals surface area (Å²) in [5.41, 5.74) is 5.26. The molecule has 0 amide bonds. The Bertz CT molecular complexity index is 48.2. The largest absolute Gasteiger partial charge is 0.417 e. The number of nitrogens with one attached hydrogen (secondary N) is 1. The fourth-order valence-corrected chi connectivity index (χ4v) is 0.577. The standard InChI is InChI=1S/C5H13N2OSi/c6-2-1-3-7-4-5-8-9/h7H,1-6H2.